The molecule has 0 radical (unpaired) electrons. The minimum absolute atomic E-state index is 0.0123. The van der Waals surface area contributed by atoms with Gasteiger partial charge in [-0.3, -0.25) is 9.59 Å². The van der Waals surface area contributed by atoms with Crippen molar-refractivity contribution in [2.24, 2.45) is 0 Å². The van der Waals surface area contributed by atoms with E-state index in [-0.39, 0.29) is 11.8 Å². The van der Waals surface area contributed by atoms with Crippen LogP contribution in [0.15, 0.2) is 48.5 Å². The average molecular weight is 391 g/mol. The molecule has 2 heterocycles. The van der Waals surface area contributed by atoms with Crippen LogP contribution in [-0.2, 0) is 16.0 Å². The lowest BCUT2D eigenvalue weighted by atomic mass is 10.0. The molecule has 4 rings (SSSR count). The molecule has 0 saturated carbocycles. The molecule has 1 saturated heterocycles. The summed E-state index contributed by atoms with van der Waals surface area (Å²) >= 11 is 0. The van der Waals surface area contributed by atoms with E-state index in [1.165, 1.54) is 0 Å². The van der Waals surface area contributed by atoms with Gasteiger partial charge in [0.15, 0.2) is 0 Å². The van der Waals surface area contributed by atoms with Gasteiger partial charge in [0.25, 0.3) is 0 Å². The minimum atomic E-state index is -0.416. The Hall–Kier alpha value is -3.28. The molecule has 3 aromatic rings. The maximum absolute atomic E-state index is 12.8. The van der Waals surface area contributed by atoms with Crippen molar-refractivity contribution in [1.82, 2.24) is 15.2 Å². The van der Waals surface area contributed by atoms with Crippen LogP contribution in [-0.4, -0.2) is 47.9 Å². The van der Waals surface area contributed by atoms with Crippen LogP contribution in [0.5, 0.6) is 5.75 Å². The van der Waals surface area contributed by atoms with Crippen LogP contribution in [0, 0.1) is 0 Å². The number of aryl methyl sites for hydroxylation is 1. The fourth-order valence-corrected chi connectivity index (χ4v) is 3.96. The second-order valence-electron chi connectivity index (χ2n) is 7.31. The van der Waals surface area contributed by atoms with Crippen molar-refractivity contribution in [2.45, 2.75) is 25.8 Å². The minimum Gasteiger partial charge on any atom is -0.497 e. The van der Waals surface area contributed by atoms with Crippen LogP contribution in [0.25, 0.3) is 22.2 Å². The van der Waals surface area contributed by atoms with Gasteiger partial charge in [-0.25, -0.2) is 0 Å². The van der Waals surface area contributed by atoms with Crippen LogP contribution in [0.2, 0.25) is 0 Å². The van der Waals surface area contributed by atoms with E-state index in [9.17, 15) is 9.59 Å². The lowest BCUT2D eigenvalue weighted by molar-refractivity contribution is -0.142. The molecule has 29 heavy (non-hydrogen) atoms. The number of methoxy groups -OCH3 is 1. The van der Waals surface area contributed by atoms with Crippen molar-refractivity contribution >= 4 is 22.7 Å². The van der Waals surface area contributed by atoms with Gasteiger partial charge in [-0.2, -0.15) is 0 Å². The van der Waals surface area contributed by atoms with Crippen molar-refractivity contribution < 1.29 is 14.3 Å². The largest absolute Gasteiger partial charge is 0.497 e. The van der Waals surface area contributed by atoms with E-state index in [4.69, 9.17) is 4.74 Å². The molecule has 150 valence electrons. The maximum Gasteiger partial charge on any atom is 0.242 e. The predicted molar refractivity (Wildman–Crippen MR) is 113 cm³/mol. The van der Waals surface area contributed by atoms with E-state index in [2.05, 4.69) is 16.4 Å². The first-order chi connectivity index (χ1) is 14.1. The van der Waals surface area contributed by atoms with Crippen molar-refractivity contribution in [3.8, 4) is 17.0 Å². The molecule has 2 aromatic carbocycles. The van der Waals surface area contributed by atoms with Crippen LogP contribution < -0.4 is 10.1 Å². The zero-order chi connectivity index (χ0) is 20.4. The van der Waals surface area contributed by atoms with Gasteiger partial charge in [-0.05, 0) is 54.8 Å². The highest BCUT2D eigenvalue weighted by molar-refractivity contribution is 5.92. The number of amides is 2. The number of benzene rings is 2. The molecule has 0 bridgehead atoms. The number of hydrogen-bond acceptors (Lipinski definition) is 3. The first-order valence-corrected chi connectivity index (χ1v) is 9.89. The van der Waals surface area contributed by atoms with E-state index in [1.807, 2.05) is 42.5 Å². The Morgan fingerprint density at radius 1 is 1.17 bits per heavy atom. The lowest BCUT2D eigenvalue weighted by Gasteiger charge is -2.32. The lowest BCUT2D eigenvalue weighted by Crippen LogP contribution is -2.55. The molecule has 6 heteroatoms. The van der Waals surface area contributed by atoms with E-state index in [1.54, 1.807) is 18.9 Å². The number of ether oxygens (including phenoxy) is 1. The molecule has 0 aliphatic carbocycles. The summed E-state index contributed by atoms with van der Waals surface area (Å²) in [6, 6.07) is 15.6. The highest BCUT2D eigenvalue weighted by Crippen LogP contribution is 2.32. The SMILES string of the molecule is COc1ccc(-c2[nH]c3ccccc3c2CCC(=O)N2CCNC(=O)[C@H]2C)cc1. The van der Waals surface area contributed by atoms with Crippen LogP contribution in [0.4, 0.5) is 0 Å². The molecule has 0 unspecified atom stereocenters. The number of aromatic nitrogens is 1. The highest BCUT2D eigenvalue weighted by Gasteiger charge is 2.29. The van der Waals surface area contributed by atoms with Crippen LogP contribution in [0.3, 0.4) is 0 Å². The summed E-state index contributed by atoms with van der Waals surface area (Å²) in [5, 5.41) is 3.92. The molecule has 1 aliphatic heterocycles. The number of piperazine rings is 1. The van der Waals surface area contributed by atoms with Crippen LogP contribution in [0.1, 0.15) is 18.9 Å². The molecule has 1 aliphatic rings. The Morgan fingerprint density at radius 3 is 2.69 bits per heavy atom. The number of nitrogens with one attached hydrogen (secondary N) is 2. The van der Waals surface area contributed by atoms with Gasteiger partial charge in [-0.1, -0.05) is 18.2 Å². The monoisotopic (exact) mass is 391 g/mol. The van der Waals surface area contributed by atoms with Crippen molar-refractivity contribution in [3.63, 3.8) is 0 Å². The van der Waals surface area contributed by atoms with E-state index in [0.717, 1.165) is 33.5 Å². The van der Waals surface area contributed by atoms with Gasteiger partial charge in [0, 0.05) is 36.1 Å². The molecule has 2 N–H and O–H groups in total. The molecular weight excluding hydrogens is 366 g/mol. The Labute approximate surface area is 169 Å². The third-order valence-electron chi connectivity index (χ3n) is 5.60. The number of fused-ring (bicyclic) bond motifs is 1. The molecule has 6 nitrogen and oxygen atoms in total. The summed E-state index contributed by atoms with van der Waals surface area (Å²) in [6.07, 6.45) is 0.970. The first-order valence-electron chi connectivity index (χ1n) is 9.89. The normalized spacial score (nSPS) is 16.7. The number of nitrogens with zero attached hydrogens (tertiary/aromatic N) is 1. The fourth-order valence-electron chi connectivity index (χ4n) is 3.96. The maximum atomic E-state index is 12.8. The van der Waals surface area contributed by atoms with Crippen molar-refractivity contribution in [3.05, 3.63) is 54.1 Å². The van der Waals surface area contributed by atoms with Crippen molar-refractivity contribution in [2.75, 3.05) is 20.2 Å². The smallest absolute Gasteiger partial charge is 0.242 e. The topological polar surface area (TPSA) is 74.4 Å². The number of carbonyl (C=O) groups excluding carboxylic acids is 2. The molecule has 2 amide bonds. The Kier molecular flexibility index (Phi) is 5.25. The number of aromatic amines is 1. The fraction of sp³-hybridized carbons (Fsp3) is 0.304. The zero-order valence-corrected chi connectivity index (χ0v) is 16.7. The van der Waals surface area contributed by atoms with Gasteiger partial charge in [0.1, 0.15) is 11.8 Å². The summed E-state index contributed by atoms with van der Waals surface area (Å²) in [4.78, 5) is 29.9. The molecule has 1 fully saturated rings. The number of hydrogen-bond donors (Lipinski definition) is 2. The first kappa shape index (κ1) is 19.1. The summed E-state index contributed by atoms with van der Waals surface area (Å²) in [6.45, 7) is 2.85. The molecular formula is C23H25N3O3. The third-order valence-corrected chi connectivity index (χ3v) is 5.60. The molecule has 0 spiro atoms. The summed E-state index contributed by atoms with van der Waals surface area (Å²) in [7, 11) is 1.65. The Balaban J connectivity index is 1.62. The van der Waals surface area contributed by atoms with E-state index < -0.39 is 6.04 Å². The summed E-state index contributed by atoms with van der Waals surface area (Å²) < 4.78 is 5.27. The highest BCUT2D eigenvalue weighted by atomic mass is 16.5. The number of rotatable bonds is 5. The Bertz CT molecular complexity index is 1040. The second-order valence-corrected chi connectivity index (χ2v) is 7.31. The van der Waals surface area contributed by atoms with Crippen molar-refractivity contribution in [1.29, 1.82) is 0 Å². The number of carbonyl (C=O) groups is 2. The number of para-hydroxylation sites is 1. The van der Waals surface area contributed by atoms with Crippen LogP contribution >= 0.6 is 0 Å². The predicted octanol–water partition coefficient (Wildman–Crippen LogP) is 3.12. The average Bonchev–Trinajstić information content (AvgIpc) is 3.12. The molecule has 1 aromatic heterocycles. The summed E-state index contributed by atoms with van der Waals surface area (Å²) in [5.41, 5.74) is 4.24. The standard InChI is InChI=1S/C23H25N3O3/c1-15-23(28)24-13-14-26(15)21(27)12-11-19-18-5-3-4-6-20(18)25-22(19)16-7-9-17(29-2)10-8-16/h3-10,15,25H,11-14H2,1-2H3,(H,24,28)/t15-/m1/s1. The van der Waals surface area contributed by atoms with Gasteiger partial charge in [-0.15, -0.1) is 0 Å². The summed E-state index contributed by atoms with van der Waals surface area (Å²) in [5.74, 6) is 0.730. The van der Waals surface area contributed by atoms with Gasteiger partial charge in [0.05, 0.1) is 7.11 Å². The van der Waals surface area contributed by atoms with Gasteiger partial charge in [0.2, 0.25) is 11.8 Å². The molecule has 1 atom stereocenters. The number of H-pyrrole nitrogens is 1. The van der Waals surface area contributed by atoms with E-state index in [0.29, 0.717) is 25.9 Å². The third kappa shape index (κ3) is 3.70. The second kappa shape index (κ2) is 7.99. The zero-order valence-electron chi connectivity index (χ0n) is 16.7. The van der Waals surface area contributed by atoms with Gasteiger partial charge >= 0.3 is 0 Å². The Morgan fingerprint density at radius 2 is 1.93 bits per heavy atom. The van der Waals surface area contributed by atoms with Gasteiger partial charge < -0.3 is 19.9 Å². The quantitative estimate of drug-likeness (QED) is 0.702. The van der Waals surface area contributed by atoms with E-state index >= 15 is 0 Å².